The molecule has 0 radical (unpaired) electrons. The Morgan fingerprint density at radius 3 is 3.05 bits per heavy atom. The first kappa shape index (κ1) is 15.8. The summed E-state index contributed by atoms with van der Waals surface area (Å²) in [6, 6.07) is 8.05. The number of carbonyl (C=O) groups is 1. The van der Waals surface area contributed by atoms with Crippen LogP contribution in [0, 0.1) is 0 Å². The molecule has 0 aliphatic carbocycles. The molecule has 1 atom stereocenters. The maximum absolute atomic E-state index is 10.8. The fraction of sp³-hybridized carbons (Fsp3) is 0.562. The molecule has 0 aromatic heterocycles. The number of aliphatic carboxylic acids is 1. The number of benzene rings is 1. The lowest BCUT2D eigenvalue weighted by atomic mass is 10.1. The molecule has 1 aromatic carbocycles. The summed E-state index contributed by atoms with van der Waals surface area (Å²) >= 11 is 0. The zero-order valence-corrected chi connectivity index (χ0v) is 12.6. The predicted molar refractivity (Wildman–Crippen MR) is 79.5 cm³/mol. The van der Waals surface area contributed by atoms with Gasteiger partial charge in [0, 0.05) is 19.6 Å². The molecule has 21 heavy (non-hydrogen) atoms. The molecule has 1 saturated heterocycles. The summed E-state index contributed by atoms with van der Waals surface area (Å²) in [4.78, 5) is 13.0. The van der Waals surface area contributed by atoms with Gasteiger partial charge in [0.05, 0.1) is 25.2 Å². The number of ether oxygens (including phenoxy) is 2. The molecule has 0 saturated carbocycles. The summed E-state index contributed by atoms with van der Waals surface area (Å²) in [6.07, 6.45) is 0.00225. The fourth-order valence-corrected chi connectivity index (χ4v) is 2.49. The van der Waals surface area contributed by atoms with E-state index in [1.807, 2.05) is 32.0 Å². The second-order valence-electron chi connectivity index (χ2n) is 5.64. The molecule has 1 aromatic rings. The van der Waals surface area contributed by atoms with Gasteiger partial charge in [-0.3, -0.25) is 9.69 Å². The molecule has 1 heterocycles. The number of carboxylic acid groups (broad SMARTS) is 1. The van der Waals surface area contributed by atoms with E-state index in [-0.39, 0.29) is 18.6 Å². The van der Waals surface area contributed by atoms with E-state index in [4.69, 9.17) is 14.6 Å². The largest absolute Gasteiger partial charge is 0.491 e. The Bertz CT molecular complexity index is 475. The predicted octanol–water partition coefficient (Wildman–Crippen LogP) is 2.15. The van der Waals surface area contributed by atoms with Crippen LogP contribution in [0.1, 0.15) is 25.8 Å². The van der Waals surface area contributed by atoms with Crippen LogP contribution in [0.5, 0.6) is 5.75 Å². The third-order valence-corrected chi connectivity index (χ3v) is 3.30. The summed E-state index contributed by atoms with van der Waals surface area (Å²) < 4.78 is 11.2. The van der Waals surface area contributed by atoms with Crippen molar-refractivity contribution in [1.29, 1.82) is 0 Å². The number of morpholine rings is 1. The van der Waals surface area contributed by atoms with Crippen LogP contribution in [-0.4, -0.2) is 47.9 Å². The molecule has 1 N–H and O–H groups in total. The highest BCUT2D eigenvalue weighted by atomic mass is 16.5. The maximum Gasteiger partial charge on any atom is 0.306 e. The standard InChI is InChI=1S/C16H23NO4/c1-12(2)21-14-5-3-4-13(8-14)10-17-6-7-20-15(11-17)9-16(18)19/h3-5,8,12,15H,6-7,9-11H2,1-2H3,(H,18,19). The van der Waals surface area contributed by atoms with Crippen molar-refractivity contribution < 1.29 is 19.4 Å². The molecular formula is C16H23NO4. The van der Waals surface area contributed by atoms with E-state index in [2.05, 4.69) is 11.0 Å². The Hall–Kier alpha value is -1.59. The van der Waals surface area contributed by atoms with Gasteiger partial charge >= 0.3 is 5.97 Å². The summed E-state index contributed by atoms with van der Waals surface area (Å²) in [5.74, 6) is 0.0621. The first-order valence-electron chi connectivity index (χ1n) is 7.34. The van der Waals surface area contributed by atoms with E-state index < -0.39 is 5.97 Å². The summed E-state index contributed by atoms with van der Waals surface area (Å²) in [6.45, 7) is 6.86. The van der Waals surface area contributed by atoms with Crippen LogP contribution < -0.4 is 4.74 Å². The van der Waals surface area contributed by atoms with Gasteiger partial charge in [0.2, 0.25) is 0 Å². The Morgan fingerprint density at radius 2 is 2.33 bits per heavy atom. The van der Waals surface area contributed by atoms with Crippen molar-refractivity contribution in [2.75, 3.05) is 19.7 Å². The molecule has 5 nitrogen and oxygen atoms in total. The minimum Gasteiger partial charge on any atom is -0.491 e. The lowest BCUT2D eigenvalue weighted by molar-refractivity contribution is -0.142. The zero-order chi connectivity index (χ0) is 15.2. The van der Waals surface area contributed by atoms with Crippen LogP contribution in [0.4, 0.5) is 0 Å². The van der Waals surface area contributed by atoms with Crippen molar-refractivity contribution in [3.63, 3.8) is 0 Å². The third-order valence-electron chi connectivity index (χ3n) is 3.30. The van der Waals surface area contributed by atoms with Gasteiger partial charge in [-0.15, -0.1) is 0 Å². The molecule has 1 aliphatic rings. The number of carboxylic acids is 1. The average Bonchev–Trinajstić information content (AvgIpc) is 2.37. The van der Waals surface area contributed by atoms with Gasteiger partial charge in [-0.25, -0.2) is 0 Å². The van der Waals surface area contributed by atoms with Gasteiger partial charge in [0.15, 0.2) is 0 Å². The number of hydrogen-bond donors (Lipinski definition) is 1. The van der Waals surface area contributed by atoms with Gasteiger partial charge in [-0.05, 0) is 31.5 Å². The Balaban J connectivity index is 1.93. The van der Waals surface area contributed by atoms with Crippen LogP contribution >= 0.6 is 0 Å². The number of hydrogen-bond acceptors (Lipinski definition) is 4. The van der Waals surface area contributed by atoms with E-state index in [0.29, 0.717) is 13.2 Å². The minimum absolute atomic E-state index is 0.0625. The fourth-order valence-electron chi connectivity index (χ4n) is 2.49. The van der Waals surface area contributed by atoms with Crippen LogP contribution in [0.15, 0.2) is 24.3 Å². The molecule has 2 rings (SSSR count). The Morgan fingerprint density at radius 1 is 1.52 bits per heavy atom. The van der Waals surface area contributed by atoms with E-state index in [0.717, 1.165) is 18.8 Å². The van der Waals surface area contributed by atoms with E-state index in [9.17, 15) is 4.79 Å². The molecule has 1 unspecified atom stereocenters. The molecule has 5 heteroatoms. The molecule has 0 bridgehead atoms. The summed E-state index contributed by atoms with van der Waals surface area (Å²) in [5.41, 5.74) is 1.17. The quantitative estimate of drug-likeness (QED) is 0.871. The molecule has 116 valence electrons. The summed E-state index contributed by atoms with van der Waals surface area (Å²) in [5, 5.41) is 8.85. The third kappa shape index (κ3) is 5.36. The van der Waals surface area contributed by atoms with Crippen molar-refractivity contribution in [3.8, 4) is 5.75 Å². The Kier molecular flexibility index (Phi) is 5.59. The second kappa shape index (κ2) is 7.43. The molecular weight excluding hydrogens is 270 g/mol. The van der Waals surface area contributed by atoms with Crippen LogP contribution in [-0.2, 0) is 16.1 Å². The average molecular weight is 293 g/mol. The second-order valence-corrected chi connectivity index (χ2v) is 5.64. The first-order chi connectivity index (χ1) is 10.0. The highest BCUT2D eigenvalue weighted by molar-refractivity contribution is 5.67. The monoisotopic (exact) mass is 293 g/mol. The molecule has 1 fully saturated rings. The van der Waals surface area contributed by atoms with Crippen LogP contribution in [0.2, 0.25) is 0 Å². The first-order valence-corrected chi connectivity index (χ1v) is 7.34. The summed E-state index contributed by atoms with van der Waals surface area (Å²) in [7, 11) is 0. The van der Waals surface area contributed by atoms with E-state index in [1.165, 1.54) is 5.56 Å². The van der Waals surface area contributed by atoms with Crippen LogP contribution in [0.3, 0.4) is 0 Å². The smallest absolute Gasteiger partial charge is 0.306 e. The van der Waals surface area contributed by atoms with Gasteiger partial charge < -0.3 is 14.6 Å². The number of nitrogens with zero attached hydrogens (tertiary/aromatic N) is 1. The van der Waals surface area contributed by atoms with E-state index >= 15 is 0 Å². The highest BCUT2D eigenvalue weighted by Gasteiger charge is 2.22. The van der Waals surface area contributed by atoms with Crippen LogP contribution in [0.25, 0.3) is 0 Å². The molecule has 1 aliphatic heterocycles. The van der Waals surface area contributed by atoms with Gasteiger partial charge in [0.25, 0.3) is 0 Å². The SMILES string of the molecule is CC(C)Oc1cccc(CN2CCOC(CC(=O)O)C2)c1. The van der Waals surface area contributed by atoms with Crippen molar-refractivity contribution in [1.82, 2.24) is 4.90 Å². The number of rotatable bonds is 6. The van der Waals surface area contributed by atoms with Gasteiger partial charge in [0.1, 0.15) is 5.75 Å². The normalized spacial score (nSPS) is 19.7. The van der Waals surface area contributed by atoms with E-state index in [1.54, 1.807) is 0 Å². The molecule has 0 spiro atoms. The minimum atomic E-state index is -0.811. The lowest BCUT2D eigenvalue weighted by Gasteiger charge is -2.32. The van der Waals surface area contributed by atoms with Crippen molar-refractivity contribution >= 4 is 5.97 Å². The molecule has 0 amide bonds. The van der Waals surface area contributed by atoms with Gasteiger partial charge in [-0.2, -0.15) is 0 Å². The Labute approximate surface area is 125 Å². The maximum atomic E-state index is 10.8. The topological polar surface area (TPSA) is 59.0 Å². The lowest BCUT2D eigenvalue weighted by Crippen LogP contribution is -2.42. The van der Waals surface area contributed by atoms with Gasteiger partial charge in [-0.1, -0.05) is 12.1 Å². The zero-order valence-electron chi connectivity index (χ0n) is 12.6. The highest BCUT2D eigenvalue weighted by Crippen LogP contribution is 2.18. The van der Waals surface area contributed by atoms with Crippen molar-refractivity contribution in [2.24, 2.45) is 0 Å². The van der Waals surface area contributed by atoms with Crippen molar-refractivity contribution in [2.45, 2.75) is 39.0 Å². The van der Waals surface area contributed by atoms with Crippen molar-refractivity contribution in [3.05, 3.63) is 29.8 Å².